The number of benzene rings is 1. The van der Waals surface area contributed by atoms with Crippen LogP contribution in [0, 0.1) is 0 Å². The lowest BCUT2D eigenvalue weighted by molar-refractivity contribution is 0.0888. The molecule has 4 rings (SSSR count). The number of amides is 1. The Morgan fingerprint density at radius 1 is 1.15 bits per heavy atom. The first-order valence-corrected chi connectivity index (χ1v) is 9.37. The van der Waals surface area contributed by atoms with Crippen molar-refractivity contribution in [3.63, 3.8) is 0 Å². The second-order valence-corrected chi connectivity index (χ2v) is 7.27. The fraction of sp³-hybridized carbons (Fsp3) is 0.526. The highest BCUT2D eigenvalue weighted by Gasteiger charge is 2.28. The minimum absolute atomic E-state index is 0.217. The summed E-state index contributed by atoms with van der Waals surface area (Å²) in [5.41, 5.74) is 1.01. The van der Waals surface area contributed by atoms with Crippen LogP contribution in [-0.4, -0.2) is 63.6 Å². The molecule has 2 aliphatic rings. The Morgan fingerprint density at radius 3 is 2.70 bits per heavy atom. The number of aliphatic hydroxyl groups excluding tert-OH is 2. The molecule has 2 heterocycles. The van der Waals surface area contributed by atoms with Crippen LogP contribution in [0.5, 0.6) is 0 Å². The average Bonchev–Trinajstić information content (AvgIpc) is 3.07. The standard InChI is InChI=1S/C19H24N4O4/c24-13-6-4-12(5-7-13)21-19-20-8-11-2-1-3-14(17(11)23-19)18(26)22-15-9-27-10-16(15)25/h1-3,8,12-13,15-16,24-25H,4-7,9-10H2,(H,22,26)(H,20,21,23)/t12?,13?,15-,16-/m1/s1. The normalized spacial score (nSPS) is 28.2. The number of nitrogens with zero attached hydrogens (tertiary/aromatic N) is 2. The first-order chi connectivity index (χ1) is 13.1. The molecule has 1 amide bonds. The summed E-state index contributed by atoms with van der Waals surface area (Å²) in [6.07, 6.45) is 4.06. The van der Waals surface area contributed by atoms with Gasteiger partial charge in [0.15, 0.2) is 0 Å². The van der Waals surface area contributed by atoms with Crippen LogP contribution < -0.4 is 10.6 Å². The molecule has 2 fully saturated rings. The fourth-order valence-electron chi connectivity index (χ4n) is 3.64. The van der Waals surface area contributed by atoms with Crippen molar-refractivity contribution in [1.29, 1.82) is 0 Å². The molecule has 2 atom stereocenters. The van der Waals surface area contributed by atoms with Gasteiger partial charge in [-0.3, -0.25) is 4.79 Å². The first-order valence-electron chi connectivity index (χ1n) is 9.37. The molecule has 1 saturated carbocycles. The number of ether oxygens (including phenoxy) is 1. The van der Waals surface area contributed by atoms with E-state index in [1.165, 1.54) is 0 Å². The van der Waals surface area contributed by atoms with E-state index in [0.29, 0.717) is 23.6 Å². The lowest BCUT2D eigenvalue weighted by Gasteiger charge is -2.26. The van der Waals surface area contributed by atoms with Crippen LogP contribution in [-0.2, 0) is 4.74 Å². The van der Waals surface area contributed by atoms with Gasteiger partial charge in [-0.15, -0.1) is 0 Å². The molecule has 1 saturated heterocycles. The van der Waals surface area contributed by atoms with Crippen molar-refractivity contribution in [2.24, 2.45) is 0 Å². The second kappa shape index (κ2) is 7.75. The number of hydrogen-bond acceptors (Lipinski definition) is 7. The van der Waals surface area contributed by atoms with E-state index in [-0.39, 0.29) is 24.7 Å². The summed E-state index contributed by atoms with van der Waals surface area (Å²) in [7, 11) is 0. The number of aromatic nitrogens is 2. The van der Waals surface area contributed by atoms with Crippen LogP contribution in [0.1, 0.15) is 36.0 Å². The zero-order chi connectivity index (χ0) is 18.8. The molecule has 1 aromatic carbocycles. The SMILES string of the molecule is O=C(N[C@@H]1COC[C@H]1O)c1cccc2cnc(NC3CCC(O)CC3)nc12. The van der Waals surface area contributed by atoms with Crippen molar-refractivity contribution in [2.45, 2.75) is 50.0 Å². The van der Waals surface area contributed by atoms with Crippen molar-refractivity contribution in [2.75, 3.05) is 18.5 Å². The number of rotatable bonds is 4. The molecule has 144 valence electrons. The maximum atomic E-state index is 12.7. The van der Waals surface area contributed by atoms with Gasteiger partial charge in [-0.25, -0.2) is 9.97 Å². The van der Waals surface area contributed by atoms with Crippen molar-refractivity contribution in [3.8, 4) is 0 Å². The summed E-state index contributed by atoms with van der Waals surface area (Å²) in [5.74, 6) is 0.189. The molecule has 0 bridgehead atoms. The Kier molecular flexibility index (Phi) is 5.20. The molecule has 8 nitrogen and oxygen atoms in total. The molecular formula is C19H24N4O4. The molecule has 1 aliphatic carbocycles. The summed E-state index contributed by atoms with van der Waals surface area (Å²) in [6, 6.07) is 5.17. The topological polar surface area (TPSA) is 117 Å². The summed E-state index contributed by atoms with van der Waals surface area (Å²) in [5, 5.41) is 26.4. The molecular weight excluding hydrogens is 348 g/mol. The predicted molar refractivity (Wildman–Crippen MR) is 99.5 cm³/mol. The predicted octanol–water partition coefficient (Wildman–Crippen LogP) is 0.835. The van der Waals surface area contributed by atoms with Gasteiger partial charge in [0.1, 0.15) is 0 Å². The smallest absolute Gasteiger partial charge is 0.253 e. The number of carbonyl (C=O) groups is 1. The monoisotopic (exact) mass is 372 g/mol. The number of para-hydroxylation sites is 1. The van der Waals surface area contributed by atoms with Crippen LogP contribution in [0.3, 0.4) is 0 Å². The minimum atomic E-state index is -0.697. The average molecular weight is 372 g/mol. The Labute approximate surface area is 157 Å². The van der Waals surface area contributed by atoms with E-state index in [0.717, 1.165) is 31.1 Å². The van der Waals surface area contributed by atoms with Gasteiger partial charge >= 0.3 is 0 Å². The number of aliphatic hydroxyl groups is 2. The van der Waals surface area contributed by atoms with Gasteiger partial charge < -0.3 is 25.6 Å². The van der Waals surface area contributed by atoms with Gasteiger partial charge in [-0.05, 0) is 31.7 Å². The van der Waals surface area contributed by atoms with Crippen LogP contribution in [0.4, 0.5) is 5.95 Å². The molecule has 2 aromatic rings. The van der Waals surface area contributed by atoms with Gasteiger partial charge in [0.25, 0.3) is 5.91 Å². The van der Waals surface area contributed by atoms with Gasteiger partial charge in [-0.1, -0.05) is 12.1 Å². The third-order valence-electron chi connectivity index (χ3n) is 5.25. The summed E-state index contributed by atoms with van der Waals surface area (Å²) in [4.78, 5) is 21.6. The molecule has 0 unspecified atom stereocenters. The van der Waals surface area contributed by atoms with Gasteiger partial charge in [0.2, 0.25) is 5.95 Å². The summed E-state index contributed by atoms with van der Waals surface area (Å²) in [6.45, 7) is 0.528. The van der Waals surface area contributed by atoms with Crippen molar-refractivity contribution in [1.82, 2.24) is 15.3 Å². The molecule has 4 N–H and O–H groups in total. The Hall–Kier alpha value is -2.29. The van der Waals surface area contributed by atoms with E-state index in [9.17, 15) is 15.0 Å². The maximum absolute atomic E-state index is 12.7. The lowest BCUT2D eigenvalue weighted by Crippen LogP contribution is -2.42. The highest BCUT2D eigenvalue weighted by molar-refractivity contribution is 6.05. The zero-order valence-corrected chi connectivity index (χ0v) is 15.0. The largest absolute Gasteiger partial charge is 0.393 e. The molecule has 1 aromatic heterocycles. The van der Waals surface area contributed by atoms with E-state index < -0.39 is 12.1 Å². The van der Waals surface area contributed by atoms with Gasteiger partial charge in [0, 0.05) is 17.6 Å². The van der Waals surface area contributed by atoms with Crippen molar-refractivity contribution >= 4 is 22.8 Å². The number of fused-ring (bicyclic) bond motifs is 1. The highest BCUT2D eigenvalue weighted by Crippen LogP contribution is 2.23. The molecule has 8 heteroatoms. The van der Waals surface area contributed by atoms with Crippen LogP contribution in [0.25, 0.3) is 10.9 Å². The van der Waals surface area contributed by atoms with E-state index in [1.807, 2.05) is 6.07 Å². The van der Waals surface area contributed by atoms with Crippen LogP contribution in [0.15, 0.2) is 24.4 Å². The summed E-state index contributed by atoms with van der Waals surface area (Å²) >= 11 is 0. The second-order valence-electron chi connectivity index (χ2n) is 7.27. The van der Waals surface area contributed by atoms with Crippen molar-refractivity contribution < 1.29 is 19.7 Å². The third-order valence-corrected chi connectivity index (χ3v) is 5.25. The third kappa shape index (κ3) is 4.02. The molecule has 27 heavy (non-hydrogen) atoms. The quantitative estimate of drug-likeness (QED) is 0.628. The number of carbonyl (C=O) groups excluding carboxylic acids is 1. The Balaban J connectivity index is 1.54. The minimum Gasteiger partial charge on any atom is -0.393 e. The van der Waals surface area contributed by atoms with Gasteiger partial charge in [0.05, 0.1) is 42.5 Å². The highest BCUT2D eigenvalue weighted by atomic mass is 16.5. The Morgan fingerprint density at radius 2 is 1.96 bits per heavy atom. The zero-order valence-electron chi connectivity index (χ0n) is 15.0. The first kappa shape index (κ1) is 18.1. The molecule has 1 aliphatic heterocycles. The molecule has 0 radical (unpaired) electrons. The maximum Gasteiger partial charge on any atom is 0.253 e. The van der Waals surface area contributed by atoms with Gasteiger partial charge in [-0.2, -0.15) is 0 Å². The van der Waals surface area contributed by atoms with Crippen LogP contribution in [0.2, 0.25) is 0 Å². The van der Waals surface area contributed by atoms with Crippen LogP contribution >= 0.6 is 0 Å². The Bertz CT molecular complexity index is 822. The molecule has 0 spiro atoms. The summed E-state index contributed by atoms with van der Waals surface area (Å²) < 4.78 is 5.19. The van der Waals surface area contributed by atoms with E-state index in [2.05, 4.69) is 20.6 Å². The van der Waals surface area contributed by atoms with E-state index in [1.54, 1.807) is 18.3 Å². The number of anilines is 1. The fourth-order valence-corrected chi connectivity index (χ4v) is 3.64. The van der Waals surface area contributed by atoms with E-state index >= 15 is 0 Å². The van der Waals surface area contributed by atoms with Crippen molar-refractivity contribution in [3.05, 3.63) is 30.0 Å². The number of hydrogen-bond donors (Lipinski definition) is 4. The van der Waals surface area contributed by atoms with E-state index in [4.69, 9.17) is 4.74 Å². The lowest BCUT2D eigenvalue weighted by atomic mass is 9.93. The number of nitrogens with one attached hydrogen (secondary N) is 2.